The predicted molar refractivity (Wildman–Crippen MR) is 31.4 cm³/mol. The summed E-state index contributed by atoms with van der Waals surface area (Å²) in [5, 5.41) is 0. The molecule has 2 heteroatoms. The van der Waals surface area contributed by atoms with Crippen LogP contribution in [0, 0.1) is 5.92 Å². The van der Waals surface area contributed by atoms with Crippen molar-refractivity contribution in [2.24, 2.45) is 9.41 Å². The third kappa shape index (κ3) is 6.49. The van der Waals surface area contributed by atoms with Gasteiger partial charge in [0.1, 0.15) is 0 Å². The van der Waals surface area contributed by atoms with Gasteiger partial charge in [-0.1, -0.05) is 0 Å². The van der Waals surface area contributed by atoms with Gasteiger partial charge in [-0.25, -0.2) is 0 Å². The Morgan fingerprint density at radius 3 is 2.50 bits per heavy atom. The van der Waals surface area contributed by atoms with Crippen molar-refractivity contribution in [3.8, 4) is 0 Å². The van der Waals surface area contributed by atoms with Crippen molar-refractivity contribution >= 4 is 0 Å². The van der Waals surface area contributed by atoms with Crippen molar-refractivity contribution in [1.82, 2.24) is 0 Å². The van der Waals surface area contributed by atoms with Crippen molar-refractivity contribution in [3.05, 3.63) is 0 Å². The molecule has 0 N–H and O–H groups in total. The third-order valence-electron chi connectivity index (χ3n) is 1.03. The van der Waals surface area contributed by atoms with E-state index in [1.807, 2.05) is 0 Å². The van der Waals surface area contributed by atoms with Crippen LogP contribution in [0.2, 0.25) is 0 Å². The van der Waals surface area contributed by atoms with E-state index in [2.05, 4.69) is 17.3 Å². The van der Waals surface area contributed by atoms with Gasteiger partial charge < -0.3 is 0 Å². The van der Waals surface area contributed by atoms with Gasteiger partial charge in [0.15, 0.2) is 0 Å². The van der Waals surface area contributed by atoms with Crippen LogP contribution in [0.5, 0.6) is 0 Å². The molecule has 8 heavy (non-hydrogen) atoms. The molecule has 0 bridgehead atoms. The first-order chi connectivity index (χ1) is 3.77. The van der Waals surface area contributed by atoms with Crippen molar-refractivity contribution in [2.75, 3.05) is 6.54 Å². The minimum atomic E-state index is 0.853. The molecule has 1 nitrogen and oxygen atoms in total. The van der Waals surface area contributed by atoms with Crippen LogP contribution in [0.3, 0.4) is 0 Å². The Morgan fingerprint density at radius 1 is 1.50 bits per heavy atom. The Labute approximate surface area is 62.6 Å². The maximum atomic E-state index is 4.09. The van der Waals surface area contributed by atoms with Gasteiger partial charge in [0.05, 0.1) is 0 Å². The zero-order valence-electron chi connectivity index (χ0n) is 5.55. The van der Waals surface area contributed by atoms with Crippen LogP contribution in [0.25, 0.3) is 0 Å². The van der Waals surface area contributed by atoms with Crippen molar-refractivity contribution in [3.63, 3.8) is 0 Å². The molecular weight excluding hydrogens is 270 g/mol. The van der Waals surface area contributed by atoms with Crippen molar-refractivity contribution in [1.29, 1.82) is 0 Å². The average Bonchev–Trinajstić information content (AvgIpc) is 1.66. The zero-order chi connectivity index (χ0) is 6.41. The molecule has 0 amide bonds. The Morgan fingerprint density at radius 2 is 2.12 bits per heavy atom. The fraction of sp³-hybridized carbons (Fsp3) is 1.00. The summed E-state index contributed by atoms with van der Waals surface area (Å²) in [4.78, 5) is 0. The molecule has 0 aromatic carbocycles. The van der Waals surface area contributed by atoms with Gasteiger partial charge in [-0.15, -0.1) is 0 Å². The number of hydrogen-bond acceptors (Lipinski definition) is 1. The van der Waals surface area contributed by atoms with Gasteiger partial charge in [-0.3, -0.25) is 0 Å². The van der Waals surface area contributed by atoms with E-state index < -0.39 is 0 Å². The summed E-state index contributed by atoms with van der Waals surface area (Å²) in [6.45, 7) is 5.58. The summed E-state index contributed by atoms with van der Waals surface area (Å²) in [6.07, 6.45) is 2.61. The second kappa shape index (κ2) is 5.62. The fourth-order valence-corrected chi connectivity index (χ4v) is 1.03. The van der Waals surface area contributed by atoms with E-state index in [9.17, 15) is 0 Å². The fourth-order valence-electron chi connectivity index (χ4n) is 0.564. The first-order valence-corrected chi connectivity index (χ1v) is 4.37. The van der Waals surface area contributed by atoms with E-state index in [4.69, 9.17) is 0 Å². The molecule has 0 atom stereocenters. The normalized spacial score (nSPS) is 9.88. The Hall–Kier alpha value is 0.488. The van der Waals surface area contributed by atoms with E-state index in [0.717, 1.165) is 12.5 Å². The quantitative estimate of drug-likeness (QED) is 0.701. The summed E-state index contributed by atoms with van der Waals surface area (Å²) >= 11 is 1.36. The van der Waals surface area contributed by atoms with E-state index in [1.54, 1.807) is 0 Å². The van der Waals surface area contributed by atoms with Crippen LogP contribution < -0.4 is 0 Å². The SMILES string of the molecule is CC(C)CCC[N]=[W]. The third-order valence-corrected chi connectivity index (χ3v) is 1.69. The first-order valence-electron chi connectivity index (χ1n) is 3.06. The molecule has 0 spiro atoms. The van der Waals surface area contributed by atoms with Crippen molar-refractivity contribution in [2.45, 2.75) is 26.7 Å². The van der Waals surface area contributed by atoms with Gasteiger partial charge >= 0.3 is 62.3 Å². The second-order valence-corrected chi connectivity index (χ2v) is 3.32. The number of rotatable bonds is 4. The summed E-state index contributed by atoms with van der Waals surface area (Å²) in [5.74, 6) is 0.853. The van der Waals surface area contributed by atoms with Gasteiger partial charge in [-0.05, 0) is 0 Å². The molecule has 0 radical (unpaired) electrons. The van der Waals surface area contributed by atoms with E-state index in [-0.39, 0.29) is 0 Å². The van der Waals surface area contributed by atoms with E-state index in [1.165, 1.54) is 32.5 Å². The molecule has 0 unspecified atom stereocenters. The summed E-state index contributed by atoms with van der Waals surface area (Å²) < 4.78 is 4.09. The first kappa shape index (κ1) is 8.49. The van der Waals surface area contributed by atoms with Crippen LogP contribution in [-0.2, 0) is 19.6 Å². The molecule has 0 aromatic heterocycles. The zero-order valence-corrected chi connectivity index (χ0v) is 8.49. The molecule has 0 saturated carbocycles. The average molecular weight is 283 g/mol. The number of hydrogen-bond donors (Lipinski definition) is 0. The molecular formula is C6H13NW. The Kier molecular flexibility index (Phi) is 5.97. The van der Waals surface area contributed by atoms with Crippen LogP contribution in [0.4, 0.5) is 0 Å². The molecule has 48 valence electrons. The topological polar surface area (TPSA) is 12.4 Å². The van der Waals surface area contributed by atoms with Gasteiger partial charge in [0.25, 0.3) is 0 Å². The molecule has 0 heterocycles. The van der Waals surface area contributed by atoms with Crippen LogP contribution >= 0.6 is 0 Å². The summed E-state index contributed by atoms with van der Waals surface area (Å²) in [6, 6.07) is 0. The molecule has 0 aliphatic heterocycles. The maximum absolute atomic E-state index is 4.09. The van der Waals surface area contributed by atoms with Gasteiger partial charge in [0, 0.05) is 0 Å². The molecule has 0 aromatic rings. The Balaban J connectivity index is 2.81. The monoisotopic (exact) mass is 283 g/mol. The number of nitrogens with zero attached hydrogens (tertiary/aromatic N) is 1. The standard InChI is InChI=1S/C6H13N.W/c1-6(2)4-3-5-7;/h6H,3-5H2,1-2H3;. The molecule has 0 saturated heterocycles. The van der Waals surface area contributed by atoms with Gasteiger partial charge in [0.2, 0.25) is 0 Å². The van der Waals surface area contributed by atoms with Crippen molar-refractivity contribution < 1.29 is 19.6 Å². The van der Waals surface area contributed by atoms with E-state index >= 15 is 0 Å². The van der Waals surface area contributed by atoms with E-state index in [0.29, 0.717) is 0 Å². The van der Waals surface area contributed by atoms with Gasteiger partial charge in [-0.2, -0.15) is 0 Å². The summed E-state index contributed by atoms with van der Waals surface area (Å²) in [5.41, 5.74) is 0. The van der Waals surface area contributed by atoms with Crippen LogP contribution in [0.15, 0.2) is 3.50 Å². The summed E-state index contributed by atoms with van der Waals surface area (Å²) in [7, 11) is 0. The second-order valence-electron chi connectivity index (χ2n) is 2.39. The van der Waals surface area contributed by atoms with Crippen LogP contribution in [0.1, 0.15) is 26.7 Å². The molecule has 0 rings (SSSR count). The molecule has 0 aliphatic carbocycles. The Bertz CT molecular complexity index is 61.5. The minimum absolute atomic E-state index is 0.853. The predicted octanol–water partition coefficient (Wildman–Crippen LogP) is 2.15. The molecule has 0 aliphatic rings. The molecule has 0 fully saturated rings. The van der Waals surface area contributed by atoms with Crippen LogP contribution in [-0.4, -0.2) is 6.54 Å².